The van der Waals surface area contributed by atoms with E-state index in [1.54, 1.807) is 0 Å². The predicted molar refractivity (Wildman–Crippen MR) is 88.6 cm³/mol. The number of rotatable bonds is 6. The van der Waals surface area contributed by atoms with Crippen LogP contribution in [0.15, 0.2) is 30.3 Å². The van der Waals surface area contributed by atoms with Crippen LogP contribution in [0, 0.1) is 0 Å². The second-order valence-electron chi connectivity index (χ2n) is 6.33. The number of ether oxygens (including phenoxy) is 1. The van der Waals surface area contributed by atoms with Crippen molar-refractivity contribution in [2.75, 3.05) is 25.0 Å². The molecule has 1 aromatic carbocycles. The van der Waals surface area contributed by atoms with Crippen LogP contribution < -0.4 is 0 Å². The first-order chi connectivity index (χ1) is 9.59. The molecule has 2 nitrogen and oxygen atoms in total. The first-order valence-corrected chi connectivity index (χ1v) is 8.71. The molecule has 112 valence electrons. The third kappa shape index (κ3) is 5.19. The monoisotopic (exact) mass is 339 g/mol. The third-order valence-electron chi connectivity index (χ3n) is 3.76. The van der Waals surface area contributed by atoms with Gasteiger partial charge in [0.05, 0.1) is 11.7 Å². The fourth-order valence-corrected chi connectivity index (χ4v) is 3.31. The largest absolute Gasteiger partial charge is 0.369 e. The van der Waals surface area contributed by atoms with E-state index in [9.17, 15) is 0 Å². The quantitative estimate of drug-likeness (QED) is 0.576. The molecule has 0 spiro atoms. The summed E-state index contributed by atoms with van der Waals surface area (Å²) in [6.45, 7) is 7.67. The van der Waals surface area contributed by atoms with E-state index in [1.165, 1.54) is 31.4 Å². The van der Waals surface area contributed by atoms with Gasteiger partial charge in [-0.25, -0.2) is 0 Å². The minimum atomic E-state index is -0.0177. The van der Waals surface area contributed by atoms with E-state index in [2.05, 4.69) is 65.0 Å². The summed E-state index contributed by atoms with van der Waals surface area (Å²) in [4.78, 5) is 2.56. The summed E-state index contributed by atoms with van der Waals surface area (Å²) in [5, 5.41) is 0.928. The second-order valence-corrected chi connectivity index (χ2v) is 6.98. The molecule has 0 radical (unpaired) electrons. The van der Waals surface area contributed by atoms with Crippen molar-refractivity contribution < 1.29 is 4.74 Å². The molecule has 1 aliphatic heterocycles. The number of alkyl halides is 1. The first kappa shape index (κ1) is 16.0. The van der Waals surface area contributed by atoms with Gasteiger partial charge in [-0.3, -0.25) is 4.90 Å². The maximum atomic E-state index is 6.04. The molecule has 0 bridgehead atoms. The summed E-state index contributed by atoms with van der Waals surface area (Å²) in [7, 11) is 0. The van der Waals surface area contributed by atoms with E-state index in [-0.39, 0.29) is 5.60 Å². The summed E-state index contributed by atoms with van der Waals surface area (Å²) in [5.74, 6) is 0. The minimum Gasteiger partial charge on any atom is -0.369 e. The normalized spacial score (nSPS) is 22.9. The van der Waals surface area contributed by atoms with Gasteiger partial charge in [-0.05, 0) is 45.2 Å². The van der Waals surface area contributed by atoms with Crippen molar-refractivity contribution in [1.29, 1.82) is 0 Å². The molecule has 1 heterocycles. The van der Waals surface area contributed by atoms with Crippen LogP contribution in [0.3, 0.4) is 0 Å². The molecule has 0 N–H and O–H groups in total. The van der Waals surface area contributed by atoms with E-state index in [4.69, 9.17) is 4.74 Å². The summed E-state index contributed by atoms with van der Waals surface area (Å²) >= 11 is 3.55. The lowest BCUT2D eigenvalue weighted by molar-refractivity contribution is -0.126. The molecule has 1 atom stereocenters. The van der Waals surface area contributed by atoms with Crippen molar-refractivity contribution in [2.24, 2.45) is 0 Å². The van der Waals surface area contributed by atoms with E-state index in [0.717, 1.165) is 18.4 Å². The SMILES string of the molecule is CC1(C)CN(CCCCc2ccccc2)CC(CBr)O1. The summed E-state index contributed by atoms with van der Waals surface area (Å²) in [5.41, 5.74) is 1.43. The van der Waals surface area contributed by atoms with Crippen LogP contribution in [0.5, 0.6) is 0 Å². The Morgan fingerprint density at radius 2 is 2.00 bits per heavy atom. The number of halogens is 1. The lowest BCUT2D eigenvalue weighted by Gasteiger charge is -2.42. The average Bonchev–Trinajstić information content (AvgIpc) is 2.43. The Hall–Kier alpha value is -0.380. The molecule has 0 saturated carbocycles. The van der Waals surface area contributed by atoms with Crippen molar-refractivity contribution in [1.82, 2.24) is 4.90 Å². The number of hydrogen-bond donors (Lipinski definition) is 0. The highest BCUT2D eigenvalue weighted by Gasteiger charge is 2.32. The number of benzene rings is 1. The molecule has 1 fully saturated rings. The van der Waals surface area contributed by atoms with E-state index in [0.29, 0.717) is 6.10 Å². The van der Waals surface area contributed by atoms with Crippen molar-refractivity contribution in [3.63, 3.8) is 0 Å². The predicted octanol–water partition coefficient (Wildman–Crippen LogP) is 3.88. The molecule has 2 rings (SSSR count). The molecular formula is C17H26BrNO. The van der Waals surface area contributed by atoms with Crippen LogP contribution in [0.4, 0.5) is 0 Å². The zero-order chi connectivity index (χ0) is 14.4. The second kappa shape index (κ2) is 7.58. The highest BCUT2D eigenvalue weighted by Crippen LogP contribution is 2.22. The maximum Gasteiger partial charge on any atom is 0.0806 e. The fourth-order valence-electron chi connectivity index (χ4n) is 2.98. The number of morpholine rings is 1. The van der Waals surface area contributed by atoms with Gasteiger partial charge in [0, 0.05) is 18.4 Å². The lowest BCUT2D eigenvalue weighted by Crippen LogP contribution is -2.53. The zero-order valence-corrected chi connectivity index (χ0v) is 14.2. The molecule has 0 aliphatic carbocycles. The van der Waals surface area contributed by atoms with Gasteiger partial charge in [-0.1, -0.05) is 46.3 Å². The lowest BCUT2D eigenvalue weighted by atomic mass is 10.0. The Labute approximate surface area is 131 Å². The Kier molecular flexibility index (Phi) is 6.06. The van der Waals surface area contributed by atoms with E-state index < -0.39 is 0 Å². The van der Waals surface area contributed by atoms with Gasteiger partial charge >= 0.3 is 0 Å². The van der Waals surface area contributed by atoms with Crippen LogP contribution in [-0.2, 0) is 11.2 Å². The van der Waals surface area contributed by atoms with Crippen molar-refractivity contribution in [3.05, 3.63) is 35.9 Å². The Balaban J connectivity index is 1.71. The summed E-state index contributed by atoms with van der Waals surface area (Å²) < 4.78 is 6.04. The molecule has 1 aliphatic rings. The van der Waals surface area contributed by atoms with E-state index >= 15 is 0 Å². The van der Waals surface area contributed by atoms with E-state index in [1.807, 2.05) is 0 Å². The highest BCUT2D eigenvalue weighted by molar-refractivity contribution is 9.09. The molecule has 1 aromatic rings. The van der Waals surface area contributed by atoms with Gasteiger partial charge in [-0.15, -0.1) is 0 Å². The number of unbranched alkanes of at least 4 members (excludes halogenated alkanes) is 1. The summed E-state index contributed by atoms with van der Waals surface area (Å²) in [6.07, 6.45) is 4.05. The van der Waals surface area contributed by atoms with Gasteiger partial charge in [0.15, 0.2) is 0 Å². The first-order valence-electron chi connectivity index (χ1n) is 7.59. The number of hydrogen-bond acceptors (Lipinski definition) is 2. The Morgan fingerprint density at radius 3 is 2.70 bits per heavy atom. The fraction of sp³-hybridized carbons (Fsp3) is 0.647. The third-order valence-corrected chi connectivity index (χ3v) is 4.48. The van der Waals surface area contributed by atoms with Crippen LogP contribution in [-0.4, -0.2) is 41.6 Å². The molecule has 1 saturated heterocycles. The van der Waals surface area contributed by atoms with Crippen LogP contribution >= 0.6 is 15.9 Å². The Bertz CT molecular complexity index is 393. The smallest absolute Gasteiger partial charge is 0.0806 e. The number of nitrogens with zero attached hydrogens (tertiary/aromatic N) is 1. The van der Waals surface area contributed by atoms with Crippen molar-refractivity contribution in [2.45, 2.75) is 44.8 Å². The maximum absolute atomic E-state index is 6.04. The molecule has 0 aromatic heterocycles. The van der Waals surface area contributed by atoms with Crippen LogP contribution in [0.2, 0.25) is 0 Å². The van der Waals surface area contributed by atoms with Crippen LogP contribution in [0.25, 0.3) is 0 Å². The van der Waals surface area contributed by atoms with Crippen molar-refractivity contribution in [3.8, 4) is 0 Å². The van der Waals surface area contributed by atoms with Gasteiger partial charge < -0.3 is 4.74 Å². The molecule has 1 unspecified atom stereocenters. The van der Waals surface area contributed by atoms with Crippen LogP contribution in [0.1, 0.15) is 32.3 Å². The van der Waals surface area contributed by atoms with Crippen molar-refractivity contribution >= 4 is 15.9 Å². The average molecular weight is 340 g/mol. The Morgan fingerprint density at radius 1 is 1.25 bits per heavy atom. The van der Waals surface area contributed by atoms with Gasteiger partial charge in [0.1, 0.15) is 0 Å². The highest BCUT2D eigenvalue weighted by atomic mass is 79.9. The summed E-state index contributed by atoms with van der Waals surface area (Å²) in [6, 6.07) is 10.8. The van der Waals surface area contributed by atoms with Gasteiger partial charge in [0.25, 0.3) is 0 Å². The molecule has 3 heteroatoms. The molecule has 20 heavy (non-hydrogen) atoms. The number of aryl methyl sites for hydroxylation is 1. The van der Waals surface area contributed by atoms with Gasteiger partial charge in [0.2, 0.25) is 0 Å². The molecule has 0 amide bonds. The zero-order valence-electron chi connectivity index (χ0n) is 12.6. The topological polar surface area (TPSA) is 12.5 Å². The molecular weight excluding hydrogens is 314 g/mol. The van der Waals surface area contributed by atoms with Gasteiger partial charge in [-0.2, -0.15) is 0 Å². The minimum absolute atomic E-state index is 0.0177. The standard InChI is InChI=1S/C17H26BrNO/c1-17(2)14-19(13-16(12-18)20-17)11-7-6-10-15-8-4-3-5-9-15/h3-5,8-9,16H,6-7,10-14H2,1-2H3.